The number of likely N-dealkylation sites (N-methyl/N-ethyl adjacent to an activating group) is 1. The van der Waals surface area contributed by atoms with E-state index in [0.717, 1.165) is 19.3 Å². The number of phenolic OH excluding ortho intramolecular Hbond substituents is 1. The molecular weight excluding hydrogens is 534 g/mol. The number of benzene rings is 1. The number of Topliss-reactive ketones (excluding diaryl/α,β-unsaturated/α-hetero) is 2. The Hall–Kier alpha value is -3.90. The van der Waals surface area contributed by atoms with Gasteiger partial charge in [0.15, 0.2) is 11.4 Å². The molecule has 1 amide bonds. The predicted molar refractivity (Wildman–Crippen MR) is 145 cm³/mol. The number of aromatic hydroxyl groups is 1. The van der Waals surface area contributed by atoms with Gasteiger partial charge in [0.1, 0.15) is 28.9 Å². The number of phenols is 1. The van der Waals surface area contributed by atoms with Gasteiger partial charge in [-0.05, 0) is 50.6 Å². The lowest BCUT2D eigenvalue weighted by molar-refractivity contribution is -0.188. The van der Waals surface area contributed by atoms with E-state index in [-0.39, 0.29) is 17.0 Å². The van der Waals surface area contributed by atoms with Crippen LogP contribution in [0.25, 0.3) is 5.76 Å². The Morgan fingerprint density at radius 3 is 2.29 bits per heavy atom. The normalized spacial score (nSPS) is 32.0. The highest BCUT2D eigenvalue weighted by atomic mass is 16.5. The van der Waals surface area contributed by atoms with E-state index in [0.29, 0.717) is 18.4 Å². The van der Waals surface area contributed by atoms with Gasteiger partial charge in [0, 0.05) is 17.2 Å². The summed E-state index contributed by atoms with van der Waals surface area (Å²) in [6.45, 7) is 1.67. The monoisotopic (exact) mass is 569 g/mol. The standard InChI is InChI=1S/C29H35N3O9/c1-11-15-13(30)9-10-14(33)17(15)22(34)18-16(11)24(41-28(39)12-7-5-4-6-8-12)20-21(32(2)3)23(35)19(27(31)38)26(37)29(20,40)25(18)36/h9-12,16,20-21,24,33-34,37,40H,4-8,30H2,1-3H3,(H2,31,38)/t11-,16-,20+,21-,24+,29+/m1/s1. The number of aliphatic hydroxyl groups excluding tert-OH is 2. The molecule has 6 atom stereocenters. The summed E-state index contributed by atoms with van der Waals surface area (Å²) in [6.07, 6.45) is 2.30. The van der Waals surface area contributed by atoms with Crippen molar-refractivity contribution >= 4 is 34.9 Å². The molecule has 4 aliphatic rings. The molecule has 0 unspecified atom stereocenters. The van der Waals surface area contributed by atoms with Gasteiger partial charge in [0.05, 0.1) is 23.4 Å². The molecule has 0 saturated heterocycles. The van der Waals surface area contributed by atoms with E-state index in [2.05, 4.69) is 0 Å². The third-order valence-electron chi connectivity index (χ3n) is 9.30. The SMILES string of the molecule is C[C@@H]1c2c(N)ccc(O)c2C(O)=C2C(=O)[C@]3(O)C(O)=C(C(N)=O)C(=O)[C@H](N(C)C)[C@H]3[C@@H](OC(=O)C3CCCCC3)[C@@H]21. The van der Waals surface area contributed by atoms with Crippen LogP contribution >= 0.6 is 0 Å². The Bertz CT molecular complexity index is 1420. The summed E-state index contributed by atoms with van der Waals surface area (Å²) in [6, 6.07) is 1.26. The number of primary amides is 1. The number of hydrogen-bond acceptors (Lipinski definition) is 11. The molecule has 0 heterocycles. The smallest absolute Gasteiger partial charge is 0.309 e. The van der Waals surface area contributed by atoms with Gasteiger partial charge in [0.25, 0.3) is 5.91 Å². The lowest BCUT2D eigenvalue weighted by Gasteiger charge is -2.54. The van der Waals surface area contributed by atoms with Crippen LogP contribution in [0.2, 0.25) is 0 Å². The molecule has 8 N–H and O–H groups in total. The number of carbonyl (C=O) groups is 4. The number of nitrogen functional groups attached to an aromatic ring is 1. The first-order valence-corrected chi connectivity index (χ1v) is 13.7. The van der Waals surface area contributed by atoms with Crippen molar-refractivity contribution in [2.24, 2.45) is 23.5 Å². The number of nitrogens with two attached hydrogens (primary N) is 2. The molecule has 1 aromatic carbocycles. The Labute approximate surface area is 236 Å². The molecule has 0 radical (unpaired) electrons. The summed E-state index contributed by atoms with van der Waals surface area (Å²) < 4.78 is 6.13. The van der Waals surface area contributed by atoms with Gasteiger partial charge >= 0.3 is 5.97 Å². The first kappa shape index (κ1) is 28.6. The first-order chi connectivity index (χ1) is 19.2. The maximum atomic E-state index is 14.3. The minimum absolute atomic E-state index is 0.133. The molecule has 2 saturated carbocycles. The second kappa shape index (κ2) is 9.88. The summed E-state index contributed by atoms with van der Waals surface area (Å²) >= 11 is 0. The lowest BCUT2D eigenvalue weighted by atomic mass is 9.54. The molecule has 5 rings (SSSR count). The number of aliphatic hydroxyl groups is 3. The zero-order valence-electron chi connectivity index (χ0n) is 23.1. The molecule has 2 fully saturated rings. The fourth-order valence-corrected chi connectivity index (χ4v) is 7.41. The van der Waals surface area contributed by atoms with Gasteiger partial charge in [-0.2, -0.15) is 0 Å². The van der Waals surface area contributed by atoms with Crippen molar-refractivity contribution in [3.05, 3.63) is 40.2 Å². The van der Waals surface area contributed by atoms with Crippen molar-refractivity contribution in [3.63, 3.8) is 0 Å². The van der Waals surface area contributed by atoms with Crippen LogP contribution in [0.4, 0.5) is 5.69 Å². The highest BCUT2D eigenvalue weighted by Gasteiger charge is 2.69. The molecule has 1 aromatic rings. The Morgan fingerprint density at radius 1 is 1.07 bits per heavy atom. The largest absolute Gasteiger partial charge is 0.508 e. The van der Waals surface area contributed by atoms with Gasteiger partial charge in [0.2, 0.25) is 5.78 Å². The maximum Gasteiger partial charge on any atom is 0.309 e. The van der Waals surface area contributed by atoms with Crippen molar-refractivity contribution in [3.8, 4) is 5.75 Å². The first-order valence-electron chi connectivity index (χ1n) is 13.7. The molecule has 41 heavy (non-hydrogen) atoms. The number of nitrogens with zero attached hydrogens (tertiary/aromatic N) is 1. The molecule has 0 spiro atoms. The highest BCUT2D eigenvalue weighted by molar-refractivity contribution is 6.24. The summed E-state index contributed by atoms with van der Waals surface area (Å²) in [5.74, 6) is -10.4. The molecule has 12 heteroatoms. The van der Waals surface area contributed by atoms with Crippen LogP contribution in [0.3, 0.4) is 0 Å². The Balaban J connectivity index is 1.81. The fraction of sp³-hybridized carbons (Fsp3) is 0.517. The van der Waals surface area contributed by atoms with Crippen molar-refractivity contribution in [2.45, 2.75) is 62.7 Å². The zero-order valence-corrected chi connectivity index (χ0v) is 23.1. The van der Waals surface area contributed by atoms with Crippen molar-refractivity contribution < 1.29 is 44.3 Å². The maximum absolute atomic E-state index is 14.3. The quantitative estimate of drug-likeness (QED) is 0.131. The molecule has 12 nitrogen and oxygen atoms in total. The van der Waals surface area contributed by atoms with Gasteiger partial charge in [-0.25, -0.2) is 0 Å². The number of rotatable bonds is 4. The minimum Gasteiger partial charge on any atom is -0.508 e. The average molecular weight is 570 g/mol. The summed E-state index contributed by atoms with van der Waals surface area (Å²) in [5, 5.41) is 45.5. The number of anilines is 1. The van der Waals surface area contributed by atoms with E-state index in [1.807, 2.05) is 0 Å². The number of ketones is 2. The van der Waals surface area contributed by atoms with Crippen LogP contribution < -0.4 is 11.5 Å². The molecule has 4 aliphatic carbocycles. The second-order valence-corrected chi connectivity index (χ2v) is 11.8. The van der Waals surface area contributed by atoms with Crippen LogP contribution in [-0.2, 0) is 23.9 Å². The number of carbonyl (C=O) groups excluding carboxylic acids is 4. The lowest BCUT2D eigenvalue weighted by Crippen LogP contribution is -2.71. The van der Waals surface area contributed by atoms with Crippen LogP contribution in [0.1, 0.15) is 56.1 Å². The van der Waals surface area contributed by atoms with Gasteiger partial charge in [-0.15, -0.1) is 0 Å². The zero-order chi connectivity index (χ0) is 30.1. The van der Waals surface area contributed by atoms with Crippen molar-refractivity contribution in [1.29, 1.82) is 0 Å². The molecular formula is C29H35N3O9. The molecule has 0 aromatic heterocycles. The third-order valence-corrected chi connectivity index (χ3v) is 9.30. The Morgan fingerprint density at radius 2 is 1.71 bits per heavy atom. The van der Waals surface area contributed by atoms with Gasteiger partial charge in [-0.3, -0.25) is 24.1 Å². The van der Waals surface area contributed by atoms with E-state index in [1.165, 1.54) is 31.1 Å². The third kappa shape index (κ3) is 3.95. The van der Waals surface area contributed by atoms with Crippen molar-refractivity contribution in [1.82, 2.24) is 4.90 Å². The Kier molecular flexibility index (Phi) is 6.90. The summed E-state index contributed by atoms with van der Waals surface area (Å²) in [4.78, 5) is 55.2. The fourth-order valence-electron chi connectivity index (χ4n) is 7.41. The van der Waals surface area contributed by atoms with E-state index in [4.69, 9.17) is 16.2 Å². The number of fused-ring (bicyclic) bond motifs is 3. The minimum atomic E-state index is -2.97. The predicted octanol–water partition coefficient (Wildman–Crippen LogP) is 1.21. The number of hydrogen-bond donors (Lipinski definition) is 6. The molecule has 0 bridgehead atoms. The summed E-state index contributed by atoms with van der Waals surface area (Å²) in [7, 11) is 2.96. The van der Waals surface area contributed by atoms with Gasteiger partial charge in [-0.1, -0.05) is 26.2 Å². The second-order valence-electron chi connectivity index (χ2n) is 11.8. The van der Waals surface area contributed by atoms with E-state index < -0.39 is 87.5 Å². The van der Waals surface area contributed by atoms with Crippen LogP contribution in [0.5, 0.6) is 5.75 Å². The van der Waals surface area contributed by atoms with E-state index in [1.54, 1.807) is 6.92 Å². The summed E-state index contributed by atoms with van der Waals surface area (Å²) in [5.41, 5.74) is 7.69. The molecule has 220 valence electrons. The van der Waals surface area contributed by atoms with E-state index >= 15 is 0 Å². The number of amides is 1. The van der Waals surface area contributed by atoms with Gasteiger partial charge < -0.3 is 36.6 Å². The topological polar surface area (TPSA) is 214 Å². The highest BCUT2D eigenvalue weighted by Crippen LogP contribution is 2.58. The molecule has 0 aliphatic heterocycles. The van der Waals surface area contributed by atoms with E-state index in [9.17, 15) is 39.6 Å². The van der Waals surface area contributed by atoms with Crippen molar-refractivity contribution in [2.75, 3.05) is 19.8 Å². The number of esters is 1. The van der Waals surface area contributed by atoms with Crippen LogP contribution in [-0.4, -0.2) is 80.6 Å². The van der Waals surface area contributed by atoms with Crippen LogP contribution in [0, 0.1) is 17.8 Å². The van der Waals surface area contributed by atoms with Crippen LogP contribution in [0.15, 0.2) is 29.0 Å². The number of ether oxygens (including phenoxy) is 1. The average Bonchev–Trinajstić information content (AvgIpc) is 2.91.